The van der Waals surface area contributed by atoms with E-state index in [0.29, 0.717) is 0 Å². The summed E-state index contributed by atoms with van der Waals surface area (Å²) in [5.74, 6) is 0. The minimum atomic E-state index is 0.738. The molecule has 0 atom stereocenters. The van der Waals surface area contributed by atoms with Crippen LogP contribution >= 0.6 is 24.4 Å². The largest absolute Gasteiger partial charge is 0.0778 e. The third-order valence-corrected chi connectivity index (χ3v) is 3.29. The smallest absolute Gasteiger partial charge is 0.0636 e. The van der Waals surface area contributed by atoms with Crippen molar-refractivity contribution in [3.8, 4) is 0 Å². The van der Waals surface area contributed by atoms with Crippen molar-refractivity contribution in [1.29, 1.82) is 0 Å². The van der Waals surface area contributed by atoms with Gasteiger partial charge in [0.25, 0.3) is 0 Å². The van der Waals surface area contributed by atoms with Gasteiger partial charge in [0, 0.05) is 0 Å². The van der Waals surface area contributed by atoms with Crippen LogP contribution in [0.5, 0.6) is 0 Å². The van der Waals surface area contributed by atoms with Crippen LogP contribution in [0.25, 0.3) is 0 Å². The Kier molecular flexibility index (Phi) is 3.54. The van der Waals surface area contributed by atoms with Crippen LogP contribution in [0.1, 0.15) is 11.1 Å². The molecule has 0 aromatic heterocycles. The van der Waals surface area contributed by atoms with Gasteiger partial charge in [-0.2, -0.15) is 0 Å². The monoisotopic (exact) mass is 242 g/mol. The number of thiocarbonyl (C=S) groups is 2. The van der Waals surface area contributed by atoms with E-state index < -0.39 is 0 Å². The molecule has 0 heterocycles. The second-order valence-corrected chi connectivity index (χ2v) is 4.21. The van der Waals surface area contributed by atoms with Gasteiger partial charge >= 0.3 is 0 Å². The first-order valence-electron chi connectivity index (χ1n) is 4.98. The Balaban J connectivity index is 2.28. The predicted octanol–water partition coefficient (Wildman–Crippen LogP) is 3.82. The van der Waals surface area contributed by atoms with Gasteiger partial charge in [-0.15, -0.1) is 0 Å². The van der Waals surface area contributed by atoms with Crippen molar-refractivity contribution in [2.45, 2.75) is 0 Å². The molecule has 0 N–H and O–H groups in total. The van der Waals surface area contributed by atoms with E-state index in [2.05, 4.69) is 0 Å². The molecule has 0 unspecified atom stereocenters. The third kappa shape index (κ3) is 2.40. The first-order chi connectivity index (χ1) is 7.79. The molecule has 0 amide bonds. The van der Waals surface area contributed by atoms with E-state index >= 15 is 0 Å². The first kappa shape index (κ1) is 11.1. The molecule has 0 aliphatic carbocycles. The van der Waals surface area contributed by atoms with E-state index in [1.165, 1.54) is 0 Å². The zero-order valence-electron chi connectivity index (χ0n) is 8.59. The van der Waals surface area contributed by atoms with Gasteiger partial charge in [-0.3, -0.25) is 0 Å². The Morgan fingerprint density at radius 2 is 0.875 bits per heavy atom. The van der Waals surface area contributed by atoms with Crippen LogP contribution in [0.4, 0.5) is 0 Å². The van der Waals surface area contributed by atoms with Crippen molar-refractivity contribution in [3.63, 3.8) is 0 Å². The Morgan fingerprint density at radius 3 is 1.19 bits per heavy atom. The average Bonchev–Trinajstić information content (AvgIpc) is 2.39. The summed E-state index contributed by atoms with van der Waals surface area (Å²) < 4.78 is 0. The summed E-state index contributed by atoms with van der Waals surface area (Å²) in [5.41, 5.74) is 2.01. The fraction of sp³-hybridized carbons (Fsp3) is 0. The van der Waals surface area contributed by atoms with E-state index in [1.54, 1.807) is 0 Å². The number of hydrogen-bond acceptors (Lipinski definition) is 2. The molecule has 2 aromatic carbocycles. The molecule has 16 heavy (non-hydrogen) atoms. The van der Waals surface area contributed by atoms with Crippen molar-refractivity contribution in [1.82, 2.24) is 0 Å². The number of hydrogen-bond donors (Lipinski definition) is 0. The summed E-state index contributed by atoms with van der Waals surface area (Å²) in [6.07, 6.45) is 0. The predicted molar refractivity (Wildman–Crippen MR) is 76.3 cm³/mol. The molecule has 0 spiro atoms. The molecular weight excluding hydrogens is 232 g/mol. The maximum Gasteiger partial charge on any atom is 0.0636 e. The summed E-state index contributed by atoms with van der Waals surface area (Å²) in [6, 6.07) is 19.7. The van der Waals surface area contributed by atoms with Crippen LogP contribution in [0.3, 0.4) is 0 Å². The molecule has 0 nitrogen and oxygen atoms in total. The van der Waals surface area contributed by atoms with Crippen LogP contribution in [0.15, 0.2) is 60.7 Å². The van der Waals surface area contributed by atoms with Gasteiger partial charge in [0.1, 0.15) is 0 Å². The molecule has 0 saturated carbocycles. The van der Waals surface area contributed by atoms with Crippen LogP contribution in [-0.2, 0) is 0 Å². The Morgan fingerprint density at radius 1 is 0.562 bits per heavy atom. The normalized spacial score (nSPS) is 9.75. The van der Waals surface area contributed by atoms with E-state index in [1.807, 2.05) is 60.7 Å². The van der Waals surface area contributed by atoms with Crippen LogP contribution in [-0.4, -0.2) is 9.73 Å². The molecule has 0 radical (unpaired) electrons. The van der Waals surface area contributed by atoms with Crippen molar-refractivity contribution in [3.05, 3.63) is 71.8 Å². The fourth-order valence-corrected chi connectivity index (χ4v) is 1.95. The number of rotatable bonds is 3. The maximum absolute atomic E-state index is 5.38. The summed E-state index contributed by atoms with van der Waals surface area (Å²) >= 11 is 10.8. The summed E-state index contributed by atoms with van der Waals surface area (Å²) in [7, 11) is 0. The average molecular weight is 242 g/mol. The lowest BCUT2D eigenvalue weighted by Crippen LogP contribution is -2.11. The molecule has 0 aliphatic rings. The van der Waals surface area contributed by atoms with Gasteiger partial charge in [-0.25, -0.2) is 0 Å². The van der Waals surface area contributed by atoms with Gasteiger partial charge in [0.05, 0.1) is 9.73 Å². The molecule has 2 aromatic rings. The number of benzene rings is 2. The summed E-state index contributed by atoms with van der Waals surface area (Å²) in [5, 5.41) is 0. The fourth-order valence-electron chi connectivity index (χ4n) is 1.44. The molecule has 0 bridgehead atoms. The lowest BCUT2D eigenvalue weighted by molar-refractivity contribution is 1.66. The molecular formula is C14H10S2. The van der Waals surface area contributed by atoms with Crippen molar-refractivity contribution in [2.75, 3.05) is 0 Å². The zero-order valence-corrected chi connectivity index (χ0v) is 10.2. The van der Waals surface area contributed by atoms with Gasteiger partial charge in [0.2, 0.25) is 0 Å². The van der Waals surface area contributed by atoms with Crippen molar-refractivity contribution < 1.29 is 0 Å². The zero-order chi connectivity index (χ0) is 11.4. The molecule has 78 valence electrons. The third-order valence-electron chi connectivity index (χ3n) is 2.28. The molecule has 2 heteroatoms. The lowest BCUT2D eigenvalue weighted by Gasteiger charge is -2.05. The maximum atomic E-state index is 5.38. The summed E-state index contributed by atoms with van der Waals surface area (Å²) in [6.45, 7) is 0. The standard InChI is InChI=1S/C14H10S2/c15-13(11-7-3-1-4-8-11)14(16)12-9-5-2-6-10-12/h1-10H. The minimum absolute atomic E-state index is 0.738. The molecule has 2 rings (SSSR count). The highest BCUT2D eigenvalue weighted by molar-refractivity contribution is 7.90. The van der Waals surface area contributed by atoms with Crippen LogP contribution in [0.2, 0.25) is 0 Å². The van der Waals surface area contributed by atoms with Crippen molar-refractivity contribution in [2.24, 2.45) is 0 Å². The molecule has 0 fully saturated rings. The quantitative estimate of drug-likeness (QED) is 0.593. The second kappa shape index (κ2) is 5.10. The highest BCUT2D eigenvalue weighted by atomic mass is 32.1. The lowest BCUT2D eigenvalue weighted by atomic mass is 10.0. The highest BCUT2D eigenvalue weighted by Gasteiger charge is 2.08. The second-order valence-electron chi connectivity index (χ2n) is 3.39. The van der Waals surface area contributed by atoms with E-state index in [4.69, 9.17) is 24.4 Å². The molecule has 0 saturated heterocycles. The Hall–Kier alpha value is -1.38. The van der Waals surface area contributed by atoms with Gasteiger partial charge in [0.15, 0.2) is 0 Å². The van der Waals surface area contributed by atoms with E-state index in [0.717, 1.165) is 20.9 Å². The van der Waals surface area contributed by atoms with E-state index in [-0.39, 0.29) is 0 Å². The summed E-state index contributed by atoms with van der Waals surface area (Å²) in [4.78, 5) is 1.48. The van der Waals surface area contributed by atoms with Crippen molar-refractivity contribution >= 4 is 34.2 Å². The Labute approximate surface area is 106 Å². The van der Waals surface area contributed by atoms with Gasteiger partial charge in [-0.05, 0) is 11.1 Å². The first-order valence-corrected chi connectivity index (χ1v) is 5.80. The van der Waals surface area contributed by atoms with Crippen LogP contribution < -0.4 is 0 Å². The van der Waals surface area contributed by atoms with Gasteiger partial charge < -0.3 is 0 Å². The van der Waals surface area contributed by atoms with Crippen LogP contribution in [0, 0.1) is 0 Å². The minimum Gasteiger partial charge on any atom is -0.0778 e. The highest BCUT2D eigenvalue weighted by Crippen LogP contribution is 2.09. The SMILES string of the molecule is S=C(C(=S)c1ccccc1)c1ccccc1. The van der Waals surface area contributed by atoms with E-state index in [9.17, 15) is 0 Å². The Bertz CT molecular complexity index is 451. The topological polar surface area (TPSA) is 0 Å². The molecule has 0 aliphatic heterocycles. The van der Waals surface area contributed by atoms with Gasteiger partial charge in [-0.1, -0.05) is 85.1 Å².